The van der Waals surface area contributed by atoms with Gasteiger partial charge in [0.25, 0.3) is 0 Å². The number of hydrogen-bond acceptors (Lipinski definition) is 2. The highest BCUT2D eigenvalue weighted by Gasteiger charge is 2.32. The second-order valence-electron chi connectivity index (χ2n) is 13.7. The van der Waals surface area contributed by atoms with Gasteiger partial charge in [0, 0.05) is 0 Å². The molecule has 0 radical (unpaired) electrons. The van der Waals surface area contributed by atoms with E-state index in [1.165, 1.54) is 44.6 Å². The summed E-state index contributed by atoms with van der Waals surface area (Å²) >= 11 is 0. The number of allylic oxidation sites excluding steroid dienone is 20. The molecule has 2 heteroatoms. The highest BCUT2D eigenvalue weighted by atomic mass is 16.3. The molecular formula is C40H56O2. The Hall–Kier alpha value is -2.94. The average molecular weight is 569 g/mol. The van der Waals surface area contributed by atoms with Crippen LogP contribution in [0.1, 0.15) is 94.9 Å². The molecule has 0 fully saturated rings. The molecule has 0 aromatic rings. The molecule has 2 N–H and O–H groups in total. The van der Waals surface area contributed by atoms with Crippen molar-refractivity contribution >= 4 is 0 Å². The fourth-order valence-corrected chi connectivity index (χ4v) is 6.13. The van der Waals surface area contributed by atoms with Crippen molar-refractivity contribution in [3.63, 3.8) is 0 Å². The lowest BCUT2D eigenvalue weighted by atomic mass is 9.71. The highest BCUT2D eigenvalue weighted by Crippen LogP contribution is 2.42. The topological polar surface area (TPSA) is 40.5 Å². The molecule has 0 heterocycles. The van der Waals surface area contributed by atoms with Crippen LogP contribution in [0.3, 0.4) is 0 Å². The first-order chi connectivity index (χ1) is 19.6. The minimum Gasteiger partial charge on any atom is -0.393 e. The number of hydrogen-bond donors (Lipinski definition) is 2. The lowest BCUT2D eigenvalue weighted by Crippen LogP contribution is -2.28. The van der Waals surface area contributed by atoms with Crippen LogP contribution in [-0.4, -0.2) is 22.4 Å². The van der Waals surface area contributed by atoms with Gasteiger partial charge in [-0.1, -0.05) is 146 Å². The van der Waals surface area contributed by atoms with Crippen molar-refractivity contribution < 1.29 is 10.2 Å². The van der Waals surface area contributed by atoms with E-state index in [2.05, 4.69) is 154 Å². The van der Waals surface area contributed by atoms with Gasteiger partial charge in [-0.2, -0.15) is 0 Å². The third kappa shape index (κ3) is 11.7. The van der Waals surface area contributed by atoms with Crippen molar-refractivity contribution in [1.29, 1.82) is 0 Å². The van der Waals surface area contributed by atoms with Gasteiger partial charge in [-0.15, -0.1) is 0 Å². The summed E-state index contributed by atoms with van der Waals surface area (Å²) in [5.74, 6) is 0. The minimum absolute atomic E-state index is 0.00547. The summed E-state index contributed by atoms with van der Waals surface area (Å²) in [6.45, 7) is 21.6. The molecule has 0 aromatic carbocycles. The number of aliphatic hydroxyl groups is 2. The van der Waals surface area contributed by atoms with Crippen LogP contribution in [0, 0.1) is 10.8 Å². The van der Waals surface area contributed by atoms with Crippen molar-refractivity contribution in [2.45, 2.75) is 107 Å². The molecule has 0 spiro atoms. The van der Waals surface area contributed by atoms with Crippen LogP contribution in [0.25, 0.3) is 0 Å². The van der Waals surface area contributed by atoms with Crippen molar-refractivity contribution in [2.75, 3.05) is 0 Å². The third-order valence-corrected chi connectivity index (χ3v) is 8.24. The van der Waals surface area contributed by atoms with Crippen LogP contribution < -0.4 is 0 Å². The van der Waals surface area contributed by atoms with E-state index in [1.54, 1.807) is 0 Å². The van der Waals surface area contributed by atoms with Gasteiger partial charge in [0.05, 0.1) is 12.2 Å². The normalized spacial score (nSPS) is 25.0. The van der Waals surface area contributed by atoms with Gasteiger partial charge in [0.2, 0.25) is 0 Å². The lowest BCUT2D eigenvalue weighted by Gasteiger charge is -2.35. The van der Waals surface area contributed by atoms with Gasteiger partial charge in [0.1, 0.15) is 0 Å². The minimum atomic E-state index is -0.227. The Balaban J connectivity index is 1.90. The maximum atomic E-state index is 10.1. The van der Waals surface area contributed by atoms with Crippen molar-refractivity contribution in [3.05, 3.63) is 130 Å². The first-order valence-electron chi connectivity index (χ1n) is 15.5. The van der Waals surface area contributed by atoms with E-state index in [1.807, 2.05) is 0 Å². The highest BCUT2D eigenvalue weighted by molar-refractivity contribution is 5.39. The average Bonchev–Trinajstić information content (AvgIpc) is 2.84. The van der Waals surface area contributed by atoms with E-state index in [0.717, 1.165) is 25.7 Å². The molecule has 2 aliphatic rings. The first kappa shape index (κ1) is 35.3. The molecule has 2 nitrogen and oxygen atoms in total. The van der Waals surface area contributed by atoms with E-state index in [9.17, 15) is 10.2 Å². The molecule has 2 atom stereocenters. The van der Waals surface area contributed by atoms with Crippen LogP contribution in [0.15, 0.2) is 130 Å². The molecular weight excluding hydrogens is 512 g/mol. The maximum Gasteiger partial charge on any atom is 0.0585 e. The van der Waals surface area contributed by atoms with E-state index in [0.29, 0.717) is 0 Å². The monoisotopic (exact) mass is 568 g/mol. The summed E-state index contributed by atoms with van der Waals surface area (Å²) in [6, 6.07) is 0. The van der Waals surface area contributed by atoms with Crippen LogP contribution in [0.4, 0.5) is 0 Å². The second kappa shape index (κ2) is 16.1. The van der Waals surface area contributed by atoms with Crippen LogP contribution >= 0.6 is 0 Å². The molecule has 0 unspecified atom stereocenters. The van der Waals surface area contributed by atoms with Crippen molar-refractivity contribution in [2.24, 2.45) is 10.8 Å². The van der Waals surface area contributed by atoms with Crippen molar-refractivity contribution in [3.8, 4) is 0 Å². The zero-order chi connectivity index (χ0) is 31.5. The van der Waals surface area contributed by atoms with Gasteiger partial charge in [0.15, 0.2) is 0 Å². The standard InChI is InChI=1S/C40H56O2/c1-29(17-13-19-31(3)21-23-37-33(5)25-35(41)27-39(37,7)8)15-11-12-16-30(2)18-14-20-32(4)22-24-38-34(6)26-36(42)28-40(38,9)10/h11-24,35-36,41-42H,25-28H2,1-10H3/b12-11+,17-13+,18-14+,23-21+,24-22+,29-15+,30-16+,31-19+,32-20+/t35-,36+. The van der Waals surface area contributed by atoms with E-state index in [-0.39, 0.29) is 23.0 Å². The van der Waals surface area contributed by atoms with Gasteiger partial charge in [-0.25, -0.2) is 0 Å². The Bertz CT molecular complexity index is 1190. The van der Waals surface area contributed by atoms with Gasteiger partial charge in [-0.05, 0) is 89.2 Å². The SMILES string of the molecule is CC1=C(/C=C/C(C)=C/C=C/C(C)=C/C=C/C=C(C)/C=C/C=C(C)/C=C/C2=C(C)C[C@H](O)CC2(C)C)C(C)(C)C[C@H](O)C1. The Morgan fingerprint density at radius 1 is 0.548 bits per heavy atom. The third-order valence-electron chi connectivity index (χ3n) is 8.24. The fraction of sp³-hybridized carbons (Fsp3) is 0.450. The first-order valence-corrected chi connectivity index (χ1v) is 15.5. The molecule has 0 saturated heterocycles. The predicted molar refractivity (Wildman–Crippen MR) is 184 cm³/mol. The van der Waals surface area contributed by atoms with E-state index in [4.69, 9.17) is 0 Å². The Kier molecular flexibility index (Phi) is 13.5. The summed E-state index contributed by atoms with van der Waals surface area (Å²) in [5.41, 5.74) is 10.1. The Morgan fingerprint density at radius 3 is 1.19 bits per heavy atom. The summed E-state index contributed by atoms with van der Waals surface area (Å²) in [6.07, 6.45) is 32.6. The van der Waals surface area contributed by atoms with Gasteiger partial charge in [-0.3, -0.25) is 0 Å². The largest absolute Gasteiger partial charge is 0.393 e. The van der Waals surface area contributed by atoms with Crippen LogP contribution in [0.2, 0.25) is 0 Å². The fourth-order valence-electron chi connectivity index (χ4n) is 6.13. The summed E-state index contributed by atoms with van der Waals surface area (Å²) < 4.78 is 0. The summed E-state index contributed by atoms with van der Waals surface area (Å²) in [7, 11) is 0. The molecule has 0 saturated carbocycles. The smallest absolute Gasteiger partial charge is 0.0585 e. The Morgan fingerprint density at radius 2 is 0.857 bits per heavy atom. The molecule has 0 aliphatic heterocycles. The molecule has 2 rings (SSSR count). The van der Waals surface area contributed by atoms with Gasteiger partial charge < -0.3 is 10.2 Å². The summed E-state index contributed by atoms with van der Waals surface area (Å²) in [4.78, 5) is 0. The zero-order valence-corrected chi connectivity index (χ0v) is 28.0. The predicted octanol–water partition coefficient (Wildman–Crippen LogP) is 10.5. The van der Waals surface area contributed by atoms with Crippen LogP contribution in [-0.2, 0) is 0 Å². The van der Waals surface area contributed by atoms with E-state index >= 15 is 0 Å². The Labute approximate surface area is 257 Å². The molecule has 42 heavy (non-hydrogen) atoms. The quantitative estimate of drug-likeness (QED) is 0.257. The van der Waals surface area contributed by atoms with Gasteiger partial charge >= 0.3 is 0 Å². The summed E-state index contributed by atoms with van der Waals surface area (Å²) in [5, 5.41) is 20.2. The molecule has 2 aliphatic carbocycles. The number of aliphatic hydroxyl groups excluding tert-OH is 2. The number of rotatable bonds is 10. The molecule has 228 valence electrons. The van der Waals surface area contributed by atoms with E-state index < -0.39 is 0 Å². The molecule has 0 bridgehead atoms. The second-order valence-corrected chi connectivity index (χ2v) is 13.7. The van der Waals surface area contributed by atoms with Crippen molar-refractivity contribution in [1.82, 2.24) is 0 Å². The molecule has 0 amide bonds. The maximum absolute atomic E-state index is 10.1. The lowest BCUT2D eigenvalue weighted by molar-refractivity contribution is 0.116. The van der Waals surface area contributed by atoms with Crippen LogP contribution in [0.5, 0.6) is 0 Å². The zero-order valence-electron chi connectivity index (χ0n) is 28.0. The molecule has 0 aromatic heterocycles.